The van der Waals surface area contributed by atoms with E-state index in [9.17, 15) is 9.59 Å². The fourth-order valence-electron chi connectivity index (χ4n) is 1.39. The molecule has 1 N–H and O–H groups in total. The topological polar surface area (TPSA) is 54.9 Å². The summed E-state index contributed by atoms with van der Waals surface area (Å²) in [6.07, 6.45) is 0.684. The molecule has 0 atom stereocenters. The Labute approximate surface area is 84.1 Å². The van der Waals surface area contributed by atoms with Gasteiger partial charge in [-0.2, -0.15) is 0 Å². The number of aromatic amines is 1. The summed E-state index contributed by atoms with van der Waals surface area (Å²) >= 11 is 5.76. The van der Waals surface area contributed by atoms with E-state index in [1.807, 2.05) is 0 Å². The number of H-pyrrole nitrogens is 1. The lowest BCUT2D eigenvalue weighted by molar-refractivity contribution is -0.108. The second-order valence-electron chi connectivity index (χ2n) is 2.87. The van der Waals surface area contributed by atoms with E-state index in [0.717, 1.165) is 0 Å². The number of hydrogen-bond acceptors (Lipinski definition) is 2. The second-order valence-corrected chi connectivity index (χ2v) is 3.31. The van der Waals surface area contributed by atoms with E-state index in [1.165, 1.54) is 4.57 Å². The number of benzene rings is 1. The minimum absolute atomic E-state index is 0.0560. The quantitative estimate of drug-likeness (QED) is 0.757. The normalized spacial score (nSPS) is 10.6. The highest BCUT2D eigenvalue weighted by atomic mass is 35.5. The van der Waals surface area contributed by atoms with Gasteiger partial charge in [-0.1, -0.05) is 11.6 Å². The van der Waals surface area contributed by atoms with E-state index >= 15 is 0 Å². The lowest BCUT2D eigenvalue weighted by atomic mass is 10.3. The van der Waals surface area contributed by atoms with Gasteiger partial charge in [0, 0.05) is 5.02 Å². The Kier molecular flexibility index (Phi) is 2.13. The number of nitrogens with zero attached hydrogens (tertiary/aromatic N) is 1. The van der Waals surface area contributed by atoms with Crippen molar-refractivity contribution in [1.29, 1.82) is 0 Å². The zero-order valence-electron chi connectivity index (χ0n) is 7.16. The molecule has 0 bridgehead atoms. The fraction of sp³-hybridized carbons (Fsp3) is 0.111. The van der Waals surface area contributed by atoms with Crippen molar-refractivity contribution in [3.8, 4) is 0 Å². The number of nitrogens with one attached hydrogen (secondary N) is 1. The molecule has 2 rings (SSSR count). The van der Waals surface area contributed by atoms with E-state index in [1.54, 1.807) is 18.2 Å². The molecule has 0 spiro atoms. The third kappa shape index (κ3) is 1.33. The number of imidazole rings is 1. The number of aldehydes is 1. The summed E-state index contributed by atoms with van der Waals surface area (Å²) in [6, 6.07) is 5.04. The summed E-state index contributed by atoms with van der Waals surface area (Å²) in [5, 5.41) is 0.553. The van der Waals surface area contributed by atoms with Crippen LogP contribution in [0.1, 0.15) is 0 Å². The third-order valence-electron chi connectivity index (χ3n) is 1.99. The van der Waals surface area contributed by atoms with E-state index in [-0.39, 0.29) is 12.2 Å². The molecule has 0 unspecified atom stereocenters. The predicted molar refractivity (Wildman–Crippen MR) is 53.6 cm³/mol. The van der Waals surface area contributed by atoms with Gasteiger partial charge >= 0.3 is 5.69 Å². The van der Waals surface area contributed by atoms with Crippen molar-refractivity contribution in [2.45, 2.75) is 6.54 Å². The van der Waals surface area contributed by atoms with Crippen molar-refractivity contribution < 1.29 is 4.79 Å². The second kappa shape index (κ2) is 3.31. The van der Waals surface area contributed by atoms with Gasteiger partial charge in [0.25, 0.3) is 0 Å². The molecule has 2 aromatic rings. The Balaban J connectivity index is 2.76. The summed E-state index contributed by atoms with van der Waals surface area (Å²) in [7, 11) is 0. The van der Waals surface area contributed by atoms with Crippen LogP contribution in [0.15, 0.2) is 23.0 Å². The minimum Gasteiger partial charge on any atom is -0.305 e. The van der Waals surface area contributed by atoms with Gasteiger partial charge in [0.15, 0.2) is 0 Å². The molecule has 1 aromatic heterocycles. The highest BCUT2D eigenvalue weighted by Gasteiger charge is 2.05. The standard InChI is InChI=1S/C9H7ClN2O2/c10-6-1-2-8-7(5-6)11-9(14)12(8)3-4-13/h1-2,4-5H,3H2,(H,11,14). The first-order valence-corrected chi connectivity index (χ1v) is 4.42. The lowest BCUT2D eigenvalue weighted by Gasteiger charge is -1.96. The first kappa shape index (κ1) is 9.02. The molecule has 0 aliphatic carbocycles. The van der Waals surface area contributed by atoms with Gasteiger partial charge in [-0.05, 0) is 18.2 Å². The monoisotopic (exact) mass is 210 g/mol. The molecule has 0 aliphatic heterocycles. The first-order chi connectivity index (χ1) is 6.72. The number of fused-ring (bicyclic) bond motifs is 1. The maximum Gasteiger partial charge on any atom is 0.326 e. The number of halogens is 1. The van der Waals surface area contributed by atoms with Crippen LogP contribution in [-0.2, 0) is 11.3 Å². The van der Waals surface area contributed by atoms with Gasteiger partial charge in [-0.3, -0.25) is 4.57 Å². The molecule has 0 saturated heterocycles. The fourth-order valence-corrected chi connectivity index (χ4v) is 1.56. The predicted octanol–water partition coefficient (Wildman–Crippen LogP) is 1.18. The van der Waals surface area contributed by atoms with Crippen molar-refractivity contribution in [2.75, 3.05) is 0 Å². The van der Waals surface area contributed by atoms with E-state index in [2.05, 4.69) is 4.98 Å². The molecule has 14 heavy (non-hydrogen) atoms. The molecule has 0 saturated carbocycles. The first-order valence-electron chi connectivity index (χ1n) is 4.04. The zero-order chi connectivity index (χ0) is 10.1. The molecule has 72 valence electrons. The van der Waals surface area contributed by atoms with Crippen LogP contribution < -0.4 is 5.69 Å². The van der Waals surface area contributed by atoms with Crippen LogP contribution in [0.4, 0.5) is 0 Å². The van der Waals surface area contributed by atoms with Gasteiger partial charge < -0.3 is 9.78 Å². The largest absolute Gasteiger partial charge is 0.326 e. The SMILES string of the molecule is O=CCn1c(=O)[nH]c2cc(Cl)ccc21. The Hall–Kier alpha value is -1.55. The maximum absolute atomic E-state index is 11.3. The molecule has 0 aliphatic rings. The molecule has 4 nitrogen and oxygen atoms in total. The summed E-state index contributed by atoms with van der Waals surface area (Å²) in [5.74, 6) is 0. The van der Waals surface area contributed by atoms with Gasteiger partial charge in [0.1, 0.15) is 6.29 Å². The van der Waals surface area contributed by atoms with Gasteiger partial charge in [-0.15, -0.1) is 0 Å². The van der Waals surface area contributed by atoms with Gasteiger partial charge in [0.05, 0.1) is 17.6 Å². The smallest absolute Gasteiger partial charge is 0.305 e. The lowest BCUT2D eigenvalue weighted by Crippen LogP contribution is -2.17. The van der Waals surface area contributed by atoms with Crippen molar-refractivity contribution in [2.24, 2.45) is 0 Å². The molecular weight excluding hydrogens is 204 g/mol. The van der Waals surface area contributed by atoms with E-state index < -0.39 is 0 Å². The Bertz CT molecular complexity index is 541. The van der Waals surface area contributed by atoms with Crippen LogP contribution >= 0.6 is 11.6 Å². The molecular formula is C9H7ClN2O2. The van der Waals surface area contributed by atoms with E-state index in [4.69, 9.17) is 11.6 Å². The average Bonchev–Trinajstić information content (AvgIpc) is 2.43. The number of carbonyl (C=O) groups is 1. The highest BCUT2D eigenvalue weighted by Crippen LogP contribution is 2.15. The van der Waals surface area contributed by atoms with E-state index in [0.29, 0.717) is 22.3 Å². The van der Waals surface area contributed by atoms with Crippen LogP contribution in [0, 0.1) is 0 Å². The number of rotatable bonds is 2. The van der Waals surface area contributed by atoms with Crippen LogP contribution in [-0.4, -0.2) is 15.8 Å². The molecule has 1 heterocycles. The Morgan fingerprint density at radius 2 is 2.29 bits per heavy atom. The van der Waals surface area contributed by atoms with Gasteiger partial charge in [0.2, 0.25) is 0 Å². The number of carbonyl (C=O) groups excluding carboxylic acids is 1. The van der Waals surface area contributed by atoms with Crippen LogP contribution in [0.2, 0.25) is 5.02 Å². The average molecular weight is 211 g/mol. The molecule has 0 amide bonds. The van der Waals surface area contributed by atoms with Crippen molar-refractivity contribution in [1.82, 2.24) is 9.55 Å². The third-order valence-corrected chi connectivity index (χ3v) is 2.23. The Morgan fingerprint density at radius 3 is 3.00 bits per heavy atom. The number of hydrogen-bond donors (Lipinski definition) is 1. The summed E-state index contributed by atoms with van der Waals surface area (Å²) in [5.41, 5.74) is 1.03. The van der Waals surface area contributed by atoms with Crippen molar-refractivity contribution in [3.05, 3.63) is 33.7 Å². The van der Waals surface area contributed by atoms with Crippen molar-refractivity contribution >= 4 is 28.9 Å². The highest BCUT2D eigenvalue weighted by molar-refractivity contribution is 6.31. The van der Waals surface area contributed by atoms with Crippen molar-refractivity contribution in [3.63, 3.8) is 0 Å². The maximum atomic E-state index is 11.3. The van der Waals surface area contributed by atoms with Crippen LogP contribution in [0.25, 0.3) is 11.0 Å². The minimum atomic E-state index is -0.297. The number of aromatic nitrogens is 2. The van der Waals surface area contributed by atoms with Crippen LogP contribution in [0.3, 0.4) is 0 Å². The van der Waals surface area contributed by atoms with Crippen LogP contribution in [0.5, 0.6) is 0 Å². The summed E-state index contributed by atoms with van der Waals surface area (Å²) in [6.45, 7) is 0.0560. The molecule has 0 radical (unpaired) electrons. The summed E-state index contributed by atoms with van der Waals surface area (Å²) < 4.78 is 1.36. The summed E-state index contributed by atoms with van der Waals surface area (Å²) in [4.78, 5) is 24.3. The molecule has 1 aromatic carbocycles. The Morgan fingerprint density at radius 1 is 1.50 bits per heavy atom. The molecule has 5 heteroatoms. The zero-order valence-corrected chi connectivity index (χ0v) is 7.91. The van der Waals surface area contributed by atoms with Gasteiger partial charge in [-0.25, -0.2) is 4.79 Å². The molecule has 0 fully saturated rings.